The van der Waals surface area contributed by atoms with Gasteiger partial charge in [0.25, 0.3) is 5.91 Å². The molecule has 1 aromatic heterocycles. The van der Waals surface area contributed by atoms with Crippen LogP contribution in [0, 0.1) is 5.92 Å². The number of ether oxygens (including phenoxy) is 1. The molecule has 1 aliphatic heterocycles. The number of aliphatic hydroxyl groups excluding tert-OH is 1. The molecular formula is C26H33N3O5S. The van der Waals surface area contributed by atoms with Crippen molar-refractivity contribution in [1.29, 1.82) is 0 Å². The predicted molar refractivity (Wildman–Crippen MR) is 133 cm³/mol. The van der Waals surface area contributed by atoms with E-state index in [2.05, 4.69) is 11.1 Å². The lowest BCUT2D eigenvalue weighted by molar-refractivity contribution is 0.0563. The Hall–Kier alpha value is -2.75. The average Bonchev–Trinajstić information content (AvgIpc) is 3.40. The molecule has 9 heteroatoms. The quantitative estimate of drug-likeness (QED) is 0.655. The zero-order valence-corrected chi connectivity index (χ0v) is 21.2. The van der Waals surface area contributed by atoms with Crippen molar-refractivity contribution >= 4 is 21.5 Å². The van der Waals surface area contributed by atoms with Crippen molar-refractivity contribution in [3.63, 3.8) is 0 Å². The molecule has 35 heavy (non-hydrogen) atoms. The van der Waals surface area contributed by atoms with Crippen molar-refractivity contribution in [2.24, 2.45) is 5.92 Å². The fraction of sp³-hybridized carbons (Fsp3) is 0.462. The molecule has 2 heterocycles. The second-order valence-corrected chi connectivity index (χ2v) is 11.3. The molecule has 3 atom stereocenters. The Morgan fingerprint density at radius 3 is 2.80 bits per heavy atom. The van der Waals surface area contributed by atoms with Crippen molar-refractivity contribution in [2.45, 2.75) is 50.2 Å². The minimum absolute atomic E-state index is 0.0817. The highest BCUT2D eigenvalue weighted by molar-refractivity contribution is 7.89. The number of carbonyl (C=O) groups is 1. The van der Waals surface area contributed by atoms with Crippen LogP contribution in [0.1, 0.15) is 49.0 Å². The molecule has 0 saturated heterocycles. The monoisotopic (exact) mass is 499 g/mol. The topological polar surface area (TPSA) is 100 Å². The molecule has 1 aliphatic carbocycles. The number of rotatable bonds is 6. The number of aliphatic hydroxyl groups is 1. The van der Waals surface area contributed by atoms with Crippen LogP contribution in [0.2, 0.25) is 0 Å². The summed E-state index contributed by atoms with van der Waals surface area (Å²) in [5, 5.41) is 9.81. The van der Waals surface area contributed by atoms with E-state index in [0.29, 0.717) is 5.56 Å². The zero-order valence-electron chi connectivity index (χ0n) is 20.4. The van der Waals surface area contributed by atoms with Gasteiger partial charge in [-0.2, -0.15) is 4.31 Å². The van der Waals surface area contributed by atoms with Gasteiger partial charge in [-0.05, 0) is 61.6 Å². The Morgan fingerprint density at radius 1 is 1.34 bits per heavy atom. The largest absolute Gasteiger partial charge is 0.487 e. The highest BCUT2D eigenvalue weighted by atomic mass is 32.2. The molecule has 0 bridgehead atoms. The van der Waals surface area contributed by atoms with Crippen LogP contribution >= 0.6 is 0 Å². The van der Waals surface area contributed by atoms with Crippen LogP contribution in [0.25, 0.3) is 5.57 Å². The Morgan fingerprint density at radius 2 is 2.14 bits per heavy atom. The van der Waals surface area contributed by atoms with Crippen LogP contribution in [-0.2, 0) is 10.0 Å². The summed E-state index contributed by atoms with van der Waals surface area (Å²) < 4.78 is 35.0. The summed E-state index contributed by atoms with van der Waals surface area (Å²) in [6.45, 7) is 3.74. The Labute approximate surface area is 207 Å². The molecule has 2 aromatic rings. The minimum atomic E-state index is -3.90. The van der Waals surface area contributed by atoms with Crippen LogP contribution in [0.4, 0.5) is 0 Å². The number of hydrogen-bond donors (Lipinski definition) is 1. The fourth-order valence-electron chi connectivity index (χ4n) is 4.64. The Kier molecular flexibility index (Phi) is 7.59. The molecule has 0 saturated carbocycles. The maximum atomic E-state index is 13.6. The van der Waals surface area contributed by atoms with Gasteiger partial charge in [0, 0.05) is 37.9 Å². The highest BCUT2D eigenvalue weighted by Crippen LogP contribution is 2.37. The van der Waals surface area contributed by atoms with Gasteiger partial charge in [0.05, 0.1) is 18.7 Å². The van der Waals surface area contributed by atoms with Crippen molar-refractivity contribution < 1.29 is 23.1 Å². The standard InChI is InChI=1S/C26H33N3O5S/c1-18-15-29(19(2)17-30)35(32,33)25-11-10-21(20-7-4-5-8-20)13-23(25)34-24(18)16-28(3)26(31)22-9-6-12-27-14-22/h6-7,9-14,18-19,24,30H,4-5,8,15-17H2,1-3H3/t18-,19+,24+/m0/s1. The van der Waals surface area contributed by atoms with Crippen molar-refractivity contribution in [2.75, 3.05) is 26.7 Å². The first kappa shape index (κ1) is 25.3. The van der Waals surface area contributed by atoms with Crippen LogP contribution in [0.3, 0.4) is 0 Å². The summed E-state index contributed by atoms with van der Waals surface area (Å²) in [5.41, 5.74) is 2.61. The predicted octanol–water partition coefficient (Wildman–Crippen LogP) is 3.19. The number of likely N-dealkylation sites (N-methyl/N-ethyl adjacent to an activating group) is 1. The van der Waals surface area contributed by atoms with Gasteiger partial charge >= 0.3 is 0 Å². The third-order valence-electron chi connectivity index (χ3n) is 6.79. The summed E-state index contributed by atoms with van der Waals surface area (Å²) in [6, 6.07) is 8.07. The Bertz CT molecular complexity index is 1200. The molecule has 2 aliphatic rings. The maximum Gasteiger partial charge on any atom is 0.255 e. The number of carbonyl (C=O) groups excluding carboxylic acids is 1. The third kappa shape index (κ3) is 5.27. The lowest BCUT2D eigenvalue weighted by Crippen LogP contribution is -2.50. The number of pyridine rings is 1. The van der Waals surface area contributed by atoms with Gasteiger partial charge in [0.1, 0.15) is 16.7 Å². The van der Waals surface area contributed by atoms with Gasteiger partial charge < -0.3 is 14.7 Å². The molecule has 8 nitrogen and oxygen atoms in total. The number of nitrogens with zero attached hydrogens (tertiary/aromatic N) is 3. The number of aromatic nitrogens is 1. The molecule has 0 spiro atoms. The minimum Gasteiger partial charge on any atom is -0.487 e. The fourth-order valence-corrected chi connectivity index (χ4v) is 6.46. The first-order valence-corrected chi connectivity index (χ1v) is 13.4. The first-order chi connectivity index (χ1) is 16.7. The molecule has 0 unspecified atom stereocenters. The van der Waals surface area contributed by atoms with E-state index in [1.165, 1.54) is 16.1 Å². The summed E-state index contributed by atoms with van der Waals surface area (Å²) in [5.74, 6) is -0.149. The summed E-state index contributed by atoms with van der Waals surface area (Å²) >= 11 is 0. The Balaban J connectivity index is 1.72. The molecule has 1 aromatic carbocycles. The van der Waals surface area contributed by atoms with Crippen molar-refractivity contribution in [3.8, 4) is 5.75 Å². The first-order valence-electron chi connectivity index (χ1n) is 12.0. The molecule has 4 rings (SSSR count). The van der Waals surface area contributed by atoms with E-state index >= 15 is 0 Å². The second kappa shape index (κ2) is 10.5. The number of fused-ring (bicyclic) bond motifs is 1. The van der Waals surface area contributed by atoms with Gasteiger partial charge in [-0.15, -0.1) is 0 Å². The summed E-state index contributed by atoms with van der Waals surface area (Å²) in [4.78, 5) is 18.6. The van der Waals surface area contributed by atoms with E-state index in [1.807, 2.05) is 13.0 Å². The number of amides is 1. The summed E-state index contributed by atoms with van der Waals surface area (Å²) in [7, 11) is -2.19. The number of hydrogen-bond acceptors (Lipinski definition) is 6. The van der Waals surface area contributed by atoms with Crippen LogP contribution < -0.4 is 4.74 Å². The van der Waals surface area contributed by atoms with Crippen molar-refractivity contribution in [3.05, 3.63) is 59.9 Å². The molecular weight excluding hydrogens is 466 g/mol. The summed E-state index contributed by atoms with van der Waals surface area (Å²) in [6.07, 6.45) is 7.89. The number of benzene rings is 1. The zero-order chi connectivity index (χ0) is 25.2. The molecule has 0 radical (unpaired) electrons. The smallest absolute Gasteiger partial charge is 0.255 e. The van der Waals surface area contributed by atoms with E-state index in [4.69, 9.17) is 4.74 Å². The van der Waals surface area contributed by atoms with Crippen LogP contribution in [-0.4, -0.2) is 72.5 Å². The SMILES string of the molecule is C[C@H](CO)N1C[C@H](C)[C@@H](CN(C)C(=O)c2cccnc2)Oc2cc(C3=CCCC3)ccc2S1(=O)=O. The van der Waals surface area contributed by atoms with Crippen LogP contribution in [0.5, 0.6) is 5.75 Å². The van der Waals surface area contributed by atoms with E-state index in [0.717, 1.165) is 24.8 Å². The lowest BCUT2D eigenvalue weighted by atomic mass is 10.0. The maximum absolute atomic E-state index is 13.6. The highest BCUT2D eigenvalue weighted by Gasteiger charge is 2.38. The molecule has 1 amide bonds. The van der Waals surface area contributed by atoms with E-state index < -0.39 is 22.2 Å². The van der Waals surface area contributed by atoms with Gasteiger partial charge in [-0.1, -0.05) is 19.1 Å². The van der Waals surface area contributed by atoms with Gasteiger partial charge in [0.15, 0.2) is 0 Å². The molecule has 1 N–H and O–H groups in total. The number of allylic oxidation sites excluding steroid dienone is 2. The molecule has 188 valence electrons. The molecule has 0 fully saturated rings. The van der Waals surface area contributed by atoms with Gasteiger partial charge in [0.2, 0.25) is 10.0 Å². The number of sulfonamides is 1. The third-order valence-corrected chi connectivity index (χ3v) is 8.81. The van der Waals surface area contributed by atoms with E-state index in [-0.39, 0.29) is 42.2 Å². The van der Waals surface area contributed by atoms with Crippen LogP contribution in [0.15, 0.2) is 53.7 Å². The van der Waals surface area contributed by atoms with E-state index in [9.17, 15) is 18.3 Å². The second-order valence-electron chi connectivity index (χ2n) is 9.45. The van der Waals surface area contributed by atoms with Gasteiger partial charge in [-0.25, -0.2) is 8.42 Å². The van der Waals surface area contributed by atoms with E-state index in [1.54, 1.807) is 49.3 Å². The average molecular weight is 500 g/mol. The van der Waals surface area contributed by atoms with Gasteiger partial charge in [-0.3, -0.25) is 9.78 Å². The lowest BCUT2D eigenvalue weighted by Gasteiger charge is -2.37. The van der Waals surface area contributed by atoms with Crippen molar-refractivity contribution in [1.82, 2.24) is 14.2 Å². The normalized spacial score (nSPS) is 22.8.